The zero-order chi connectivity index (χ0) is 15.2. The van der Waals surface area contributed by atoms with Crippen LogP contribution in [0.2, 0.25) is 0 Å². The zero-order valence-electron chi connectivity index (χ0n) is 11.9. The van der Waals surface area contributed by atoms with Crippen molar-refractivity contribution in [1.82, 2.24) is 20.0 Å². The van der Waals surface area contributed by atoms with Crippen molar-refractivity contribution in [2.24, 2.45) is 0 Å². The molecule has 2 N–H and O–H groups in total. The molecule has 21 heavy (non-hydrogen) atoms. The molecule has 1 aromatic heterocycles. The summed E-state index contributed by atoms with van der Waals surface area (Å²) in [4.78, 5) is 24.6. The number of aliphatic carboxylic acids is 1. The first-order valence-corrected chi connectivity index (χ1v) is 6.90. The van der Waals surface area contributed by atoms with Gasteiger partial charge < -0.3 is 20.1 Å². The molecule has 0 aliphatic carbocycles. The van der Waals surface area contributed by atoms with Crippen LogP contribution in [-0.4, -0.2) is 63.6 Å². The molecule has 1 aliphatic heterocycles. The second kappa shape index (κ2) is 7.07. The Balaban J connectivity index is 1.89. The lowest BCUT2D eigenvalue weighted by Crippen LogP contribution is -2.55. The number of hydrogen-bond acceptors (Lipinski definition) is 4. The molecular weight excluding hydrogens is 276 g/mol. The van der Waals surface area contributed by atoms with E-state index in [2.05, 4.69) is 10.4 Å². The minimum absolute atomic E-state index is 0.106. The first kappa shape index (κ1) is 15.3. The number of carboxylic acids is 1. The van der Waals surface area contributed by atoms with E-state index < -0.39 is 12.0 Å². The first-order chi connectivity index (χ1) is 10.1. The predicted molar refractivity (Wildman–Crippen MR) is 73.8 cm³/mol. The summed E-state index contributed by atoms with van der Waals surface area (Å²) in [5.74, 6) is -0.937. The summed E-state index contributed by atoms with van der Waals surface area (Å²) < 4.78 is 6.99. The maximum Gasteiger partial charge on any atom is 0.318 e. The van der Waals surface area contributed by atoms with Crippen molar-refractivity contribution in [2.45, 2.75) is 32.0 Å². The van der Waals surface area contributed by atoms with Crippen LogP contribution in [-0.2, 0) is 16.1 Å². The van der Waals surface area contributed by atoms with Crippen molar-refractivity contribution >= 4 is 12.0 Å². The highest BCUT2D eigenvalue weighted by molar-refractivity contribution is 5.76. The van der Waals surface area contributed by atoms with Gasteiger partial charge in [0.2, 0.25) is 0 Å². The number of morpholine rings is 1. The monoisotopic (exact) mass is 296 g/mol. The number of nitrogens with zero attached hydrogens (tertiary/aromatic N) is 3. The van der Waals surface area contributed by atoms with Crippen molar-refractivity contribution in [3.05, 3.63) is 18.5 Å². The van der Waals surface area contributed by atoms with Crippen molar-refractivity contribution in [1.29, 1.82) is 0 Å². The van der Waals surface area contributed by atoms with Gasteiger partial charge in [0.25, 0.3) is 0 Å². The summed E-state index contributed by atoms with van der Waals surface area (Å²) >= 11 is 0. The van der Waals surface area contributed by atoms with Crippen LogP contribution in [0.1, 0.15) is 13.3 Å². The van der Waals surface area contributed by atoms with Crippen molar-refractivity contribution in [3.8, 4) is 0 Å². The van der Waals surface area contributed by atoms with E-state index in [0.717, 1.165) is 0 Å². The second-order valence-electron chi connectivity index (χ2n) is 5.10. The summed E-state index contributed by atoms with van der Waals surface area (Å²) in [6.45, 7) is 3.53. The largest absolute Gasteiger partial charge is 0.481 e. The molecular formula is C13H20N4O4. The molecule has 2 amide bonds. The molecule has 1 aliphatic rings. The molecule has 0 saturated carbocycles. The third-order valence-corrected chi connectivity index (χ3v) is 3.29. The molecule has 1 fully saturated rings. The third-order valence-electron chi connectivity index (χ3n) is 3.29. The minimum Gasteiger partial charge on any atom is -0.481 e. The van der Waals surface area contributed by atoms with Gasteiger partial charge in [-0.3, -0.25) is 9.48 Å². The lowest BCUT2D eigenvalue weighted by Gasteiger charge is -2.35. The van der Waals surface area contributed by atoms with Crippen LogP contribution in [0.5, 0.6) is 0 Å². The van der Waals surface area contributed by atoms with Gasteiger partial charge in [0, 0.05) is 25.0 Å². The minimum atomic E-state index is -0.937. The lowest BCUT2D eigenvalue weighted by atomic mass is 10.1. The van der Waals surface area contributed by atoms with Crippen molar-refractivity contribution in [2.75, 3.05) is 19.8 Å². The maximum atomic E-state index is 12.3. The molecule has 2 unspecified atom stereocenters. The highest BCUT2D eigenvalue weighted by Crippen LogP contribution is 2.11. The highest BCUT2D eigenvalue weighted by atomic mass is 16.5. The summed E-state index contributed by atoms with van der Waals surface area (Å²) in [5.41, 5.74) is 0. The molecule has 0 aromatic carbocycles. The fourth-order valence-electron chi connectivity index (χ4n) is 2.32. The van der Waals surface area contributed by atoms with Gasteiger partial charge in [0.1, 0.15) is 0 Å². The van der Waals surface area contributed by atoms with Crippen LogP contribution in [0.25, 0.3) is 0 Å². The molecule has 0 bridgehead atoms. The number of aromatic nitrogens is 2. The number of urea groups is 1. The molecule has 1 aromatic rings. The van der Waals surface area contributed by atoms with Crippen LogP contribution >= 0.6 is 0 Å². The van der Waals surface area contributed by atoms with Gasteiger partial charge in [-0.1, -0.05) is 0 Å². The molecule has 0 spiro atoms. The SMILES string of the molecule is CC(Cn1cccn1)NC(=O)N1CCOCC1CC(=O)O. The van der Waals surface area contributed by atoms with E-state index in [1.165, 1.54) is 4.90 Å². The molecule has 1 saturated heterocycles. The van der Waals surface area contributed by atoms with E-state index in [4.69, 9.17) is 9.84 Å². The summed E-state index contributed by atoms with van der Waals surface area (Å²) in [6, 6.07) is 1.03. The molecule has 2 heterocycles. The van der Waals surface area contributed by atoms with Gasteiger partial charge in [-0.15, -0.1) is 0 Å². The molecule has 8 nitrogen and oxygen atoms in total. The molecule has 0 radical (unpaired) electrons. The fraction of sp³-hybridized carbons (Fsp3) is 0.615. The Morgan fingerprint density at radius 2 is 2.38 bits per heavy atom. The Morgan fingerprint density at radius 1 is 1.57 bits per heavy atom. The quantitative estimate of drug-likeness (QED) is 0.806. The number of nitrogens with one attached hydrogen (secondary N) is 1. The van der Waals surface area contributed by atoms with E-state index in [-0.39, 0.29) is 25.1 Å². The second-order valence-corrected chi connectivity index (χ2v) is 5.10. The Hall–Kier alpha value is -2.09. The van der Waals surface area contributed by atoms with Crippen molar-refractivity contribution < 1.29 is 19.4 Å². The Morgan fingerprint density at radius 3 is 3.05 bits per heavy atom. The smallest absolute Gasteiger partial charge is 0.318 e. The number of amides is 2. The topological polar surface area (TPSA) is 96.7 Å². The average Bonchev–Trinajstić information content (AvgIpc) is 2.91. The number of rotatable bonds is 5. The molecule has 8 heteroatoms. The van der Waals surface area contributed by atoms with E-state index in [1.807, 2.05) is 19.2 Å². The van der Waals surface area contributed by atoms with Gasteiger partial charge >= 0.3 is 12.0 Å². The van der Waals surface area contributed by atoms with Crippen LogP contribution in [0.4, 0.5) is 4.79 Å². The standard InChI is InChI=1S/C13H20N4O4/c1-10(8-16-4-2-3-14-16)15-13(20)17-5-6-21-9-11(17)7-12(18)19/h2-4,10-11H,5-9H2,1H3,(H,15,20)(H,18,19). The third kappa shape index (κ3) is 4.45. The van der Waals surface area contributed by atoms with Gasteiger partial charge in [-0.2, -0.15) is 5.10 Å². The summed E-state index contributed by atoms with van der Waals surface area (Å²) in [7, 11) is 0. The number of carbonyl (C=O) groups is 2. The van der Waals surface area contributed by atoms with E-state index in [0.29, 0.717) is 19.7 Å². The van der Waals surface area contributed by atoms with Crippen LogP contribution in [0.15, 0.2) is 18.5 Å². The normalized spacial score (nSPS) is 20.0. The zero-order valence-corrected chi connectivity index (χ0v) is 11.9. The van der Waals surface area contributed by atoms with E-state index in [1.54, 1.807) is 10.9 Å². The van der Waals surface area contributed by atoms with E-state index in [9.17, 15) is 9.59 Å². The Labute approximate surface area is 122 Å². The Kier molecular flexibility index (Phi) is 5.15. The lowest BCUT2D eigenvalue weighted by molar-refractivity contribution is -0.139. The maximum absolute atomic E-state index is 12.3. The summed E-state index contributed by atoms with van der Waals surface area (Å²) in [5, 5.41) is 15.8. The van der Waals surface area contributed by atoms with E-state index >= 15 is 0 Å². The predicted octanol–water partition coefficient (Wildman–Crippen LogP) is 0.157. The van der Waals surface area contributed by atoms with Gasteiger partial charge in [-0.05, 0) is 13.0 Å². The highest BCUT2D eigenvalue weighted by Gasteiger charge is 2.29. The number of ether oxygens (including phenoxy) is 1. The first-order valence-electron chi connectivity index (χ1n) is 6.90. The van der Waals surface area contributed by atoms with Gasteiger partial charge in [0.05, 0.1) is 32.2 Å². The number of hydrogen-bond donors (Lipinski definition) is 2. The van der Waals surface area contributed by atoms with Crippen LogP contribution in [0.3, 0.4) is 0 Å². The average molecular weight is 296 g/mol. The van der Waals surface area contributed by atoms with Gasteiger partial charge in [-0.25, -0.2) is 4.79 Å². The number of carbonyl (C=O) groups excluding carboxylic acids is 1. The molecule has 2 rings (SSSR count). The van der Waals surface area contributed by atoms with Crippen molar-refractivity contribution in [3.63, 3.8) is 0 Å². The summed E-state index contributed by atoms with van der Waals surface area (Å²) in [6.07, 6.45) is 3.39. The van der Waals surface area contributed by atoms with Gasteiger partial charge in [0.15, 0.2) is 0 Å². The molecule has 2 atom stereocenters. The molecule has 116 valence electrons. The van der Waals surface area contributed by atoms with Crippen LogP contribution < -0.4 is 5.32 Å². The van der Waals surface area contributed by atoms with Crippen LogP contribution in [0, 0.1) is 0 Å². The Bertz CT molecular complexity index is 477. The fourth-order valence-corrected chi connectivity index (χ4v) is 2.32. The number of carboxylic acid groups (broad SMARTS) is 1.